The van der Waals surface area contributed by atoms with Crippen LogP contribution >= 0.6 is 0 Å². The van der Waals surface area contributed by atoms with E-state index in [1.165, 1.54) is 12.1 Å². The van der Waals surface area contributed by atoms with E-state index in [4.69, 9.17) is 26.7 Å². The normalized spacial score (nSPS) is 12.8. The van der Waals surface area contributed by atoms with Crippen LogP contribution in [0.4, 0.5) is 9.59 Å². The van der Waals surface area contributed by atoms with Crippen molar-refractivity contribution in [2.24, 2.45) is 17.2 Å². The van der Waals surface area contributed by atoms with Gasteiger partial charge in [0, 0.05) is 13.0 Å². The van der Waals surface area contributed by atoms with E-state index in [-0.39, 0.29) is 44.8 Å². The molecule has 60 heavy (non-hydrogen) atoms. The van der Waals surface area contributed by atoms with Gasteiger partial charge in [-0.3, -0.25) is 19.2 Å². The lowest BCUT2D eigenvalue weighted by molar-refractivity contribution is -0.132. The zero-order valence-electron chi connectivity index (χ0n) is 33.9. The number of carbonyl (C=O) groups excluding carboxylic acids is 6. The predicted molar refractivity (Wildman–Crippen MR) is 225 cm³/mol. The molecule has 3 rings (SSSR count). The molecule has 0 fully saturated rings. The number of hydrogen-bond donors (Lipinski definition) is 9. The third kappa shape index (κ3) is 19.0. The van der Waals surface area contributed by atoms with E-state index in [1.807, 2.05) is 36.4 Å². The number of phenols is 1. The molecule has 0 aliphatic rings. The zero-order chi connectivity index (χ0) is 43.5. The minimum absolute atomic E-state index is 0.0187. The minimum atomic E-state index is -1.18. The number of nitrogens with one attached hydrogen (secondary N) is 5. The Hall–Kier alpha value is -6.20. The first kappa shape index (κ1) is 48.2. The largest absolute Gasteiger partial charge is 0.508 e. The second-order valence-corrected chi connectivity index (χ2v) is 14.3. The third-order valence-corrected chi connectivity index (χ3v) is 9.42. The number of aromatic hydroxyl groups is 1. The van der Waals surface area contributed by atoms with Gasteiger partial charge in [0.25, 0.3) is 0 Å². The molecule has 0 bridgehead atoms. The van der Waals surface area contributed by atoms with Gasteiger partial charge in [-0.2, -0.15) is 0 Å². The van der Waals surface area contributed by atoms with Crippen LogP contribution < -0.4 is 43.8 Å². The molecule has 17 nitrogen and oxygen atoms in total. The Morgan fingerprint density at radius 3 is 1.42 bits per heavy atom. The van der Waals surface area contributed by atoms with Gasteiger partial charge in [-0.15, -0.1) is 0 Å². The average molecular weight is 833 g/mol. The molecule has 3 aromatic rings. The number of alkyl carbamates (subject to hydrolysis) is 2. The molecule has 0 aliphatic carbocycles. The van der Waals surface area contributed by atoms with Crippen molar-refractivity contribution in [1.82, 2.24) is 26.6 Å². The maximum Gasteiger partial charge on any atom is 0.408 e. The molecule has 12 N–H and O–H groups in total. The van der Waals surface area contributed by atoms with Gasteiger partial charge in [0.2, 0.25) is 23.6 Å². The summed E-state index contributed by atoms with van der Waals surface area (Å²) in [6, 6.07) is 19.9. The van der Waals surface area contributed by atoms with Gasteiger partial charge in [-0.05, 0) is 99.7 Å². The van der Waals surface area contributed by atoms with Crippen molar-refractivity contribution in [1.29, 1.82) is 0 Å². The lowest BCUT2D eigenvalue weighted by Gasteiger charge is -2.25. The quantitative estimate of drug-likeness (QED) is 0.0504. The smallest absolute Gasteiger partial charge is 0.408 e. The molecule has 326 valence electrons. The van der Waals surface area contributed by atoms with Gasteiger partial charge in [0.05, 0.1) is 0 Å². The van der Waals surface area contributed by atoms with E-state index in [0.29, 0.717) is 63.6 Å². The van der Waals surface area contributed by atoms with Crippen molar-refractivity contribution in [2.75, 3.05) is 19.6 Å². The first-order valence-electron chi connectivity index (χ1n) is 20.3. The fourth-order valence-electron chi connectivity index (χ4n) is 6.05. The molecule has 0 aromatic heterocycles. The molecule has 3 aromatic carbocycles. The summed E-state index contributed by atoms with van der Waals surface area (Å²) in [4.78, 5) is 78.7. The number of benzene rings is 3. The fourth-order valence-corrected chi connectivity index (χ4v) is 6.05. The molecule has 4 atom stereocenters. The number of phenolic OH excluding ortho intramolecular Hbond substituents is 1. The number of carbonyl (C=O) groups is 6. The van der Waals surface area contributed by atoms with Crippen molar-refractivity contribution in [2.45, 2.75) is 102 Å². The summed E-state index contributed by atoms with van der Waals surface area (Å²) in [5.41, 5.74) is 19.2. The molecule has 0 saturated carbocycles. The van der Waals surface area contributed by atoms with E-state index in [1.54, 1.807) is 36.4 Å². The molecule has 0 unspecified atom stereocenters. The highest BCUT2D eigenvalue weighted by Crippen LogP contribution is 2.13. The van der Waals surface area contributed by atoms with Gasteiger partial charge >= 0.3 is 12.2 Å². The standard InChI is InChI=1S/C43H60N8O9/c44-24-10-7-17-34(50-42(57)59-28-31-13-3-1-4-14-31)39(54)47-26-12-9-19-35(40(55)49-37(38(46)53)27-30-20-22-33(52)23-21-30)48-41(56)36(18-8-11-25-45)51-43(58)60-29-32-15-5-2-6-16-32/h1-6,13-16,20-23,34-37,52H,7-12,17-19,24-29,44-45H2,(H2,46,53)(H,47,54)(H,48,56)(H,49,55)(H,50,57)(H,51,58)/t34-,35-,36-,37-/m1/s1. The van der Waals surface area contributed by atoms with Gasteiger partial charge in [0.1, 0.15) is 43.1 Å². The third-order valence-electron chi connectivity index (χ3n) is 9.42. The Bertz CT molecular complexity index is 1770. The second-order valence-electron chi connectivity index (χ2n) is 14.3. The number of amides is 6. The average Bonchev–Trinajstić information content (AvgIpc) is 3.24. The van der Waals surface area contributed by atoms with E-state index in [9.17, 15) is 33.9 Å². The van der Waals surface area contributed by atoms with Crippen LogP contribution in [0.15, 0.2) is 84.9 Å². The number of ether oxygens (including phenoxy) is 2. The molecule has 6 amide bonds. The number of nitrogens with two attached hydrogens (primary N) is 3. The second kappa shape index (κ2) is 27.5. The van der Waals surface area contributed by atoms with Crippen LogP contribution in [0.5, 0.6) is 5.75 Å². The summed E-state index contributed by atoms with van der Waals surface area (Å²) in [5.74, 6) is -2.56. The van der Waals surface area contributed by atoms with Crippen LogP contribution in [0.2, 0.25) is 0 Å². The Kier molecular flexibility index (Phi) is 22.1. The lowest BCUT2D eigenvalue weighted by Crippen LogP contribution is -2.56. The monoisotopic (exact) mass is 832 g/mol. The predicted octanol–water partition coefficient (Wildman–Crippen LogP) is 2.52. The van der Waals surface area contributed by atoms with Crippen molar-refractivity contribution < 1.29 is 43.3 Å². The van der Waals surface area contributed by atoms with E-state index in [2.05, 4.69) is 26.6 Å². The molecular formula is C43H60N8O9. The van der Waals surface area contributed by atoms with Crippen molar-refractivity contribution in [3.8, 4) is 5.75 Å². The number of hydrogen-bond acceptors (Lipinski definition) is 11. The lowest BCUT2D eigenvalue weighted by atomic mass is 10.0. The highest BCUT2D eigenvalue weighted by Gasteiger charge is 2.29. The highest BCUT2D eigenvalue weighted by atomic mass is 16.6. The van der Waals surface area contributed by atoms with E-state index in [0.717, 1.165) is 11.1 Å². The Morgan fingerprint density at radius 1 is 0.517 bits per heavy atom. The Labute approximate surface area is 350 Å². The zero-order valence-corrected chi connectivity index (χ0v) is 33.9. The van der Waals surface area contributed by atoms with Gasteiger partial charge < -0.3 is 58.4 Å². The highest BCUT2D eigenvalue weighted by molar-refractivity contribution is 5.93. The summed E-state index contributed by atoms with van der Waals surface area (Å²) >= 11 is 0. The SMILES string of the molecule is NCCCC[C@@H](NC(=O)OCc1ccccc1)C(=O)NCCCC[C@@H](NC(=O)[C@@H](CCCCN)NC(=O)OCc1ccccc1)C(=O)N[C@H](Cc1ccc(O)cc1)C(N)=O. The van der Waals surface area contributed by atoms with Crippen molar-refractivity contribution >= 4 is 35.8 Å². The number of rotatable bonds is 27. The molecule has 0 radical (unpaired) electrons. The van der Waals surface area contributed by atoms with E-state index < -0.39 is 60.0 Å². The maximum atomic E-state index is 13.8. The summed E-state index contributed by atoms with van der Waals surface area (Å²) in [5, 5.41) is 23.1. The summed E-state index contributed by atoms with van der Waals surface area (Å²) in [7, 11) is 0. The maximum absolute atomic E-state index is 13.8. The van der Waals surface area contributed by atoms with Gasteiger partial charge in [0.15, 0.2) is 0 Å². The molecular weight excluding hydrogens is 773 g/mol. The molecule has 0 saturated heterocycles. The summed E-state index contributed by atoms with van der Waals surface area (Å²) < 4.78 is 10.7. The summed E-state index contributed by atoms with van der Waals surface area (Å²) in [6.45, 7) is 0.986. The molecule has 0 spiro atoms. The molecule has 0 aliphatic heterocycles. The van der Waals surface area contributed by atoms with Crippen LogP contribution in [0.3, 0.4) is 0 Å². The topological polar surface area (TPSA) is 279 Å². The van der Waals surface area contributed by atoms with Crippen LogP contribution in [-0.2, 0) is 48.3 Å². The van der Waals surface area contributed by atoms with Crippen LogP contribution in [0, 0.1) is 0 Å². The number of unbranched alkanes of at least 4 members (excludes halogenated alkanes) is 3. The van der Waals surface area contributed by atoms with Crippen molar-refractivity contribution in [3.05, 3.63) is 102 Å². The molecule has 17 heteroatoms. The Morgan fingerprint density at radius 2 is 0.950 bits per heavy atom. The number of primary amides is 1. The van der Waals surface area contributed by atoms with Crippen LogP contribution in [0.25, 0.3) is 0 Å². The first-order valence-corrected chi connectivity index (χ1v) is 20.3. The minimum Gasteiger partial charge on any atom is -0.508 e. The van der Waals surface area contributed by atoms with E-state index >= 15 is 0 Å². The first-order chi connectivity index (χ1) is 29.0. The Balaban J connectivity index is 1.67. The molecule has 0 heterocycles. The fraction of sp³-hybridized carbons (Fsp3) is 0.442. The van der Waals surface area contributed by atoms with Crippen LogP contribution in [0.1, 0.15) is 74.5 Å². The van der Waals surface area contributed by atoms with Gasteiger partial charge in [-0.25, -0.2) is 9.59 Å². The summed E-state index contributed by atoms with van der Waals surface area (Å²) in [6.07, 6.45) is 2.09. The van der Waals surface area contributed by atoms with Crippen molar-refractivity contribution in [3.63, 3.8) is 0 Å². The van der Waals surface area contributed by atoms with Crippen LogP contribution in [-0.4, -0.2) is 84.7 Å². The van der Waals surface area contributed by atoms with Gasteiger partial charge in [-0.1, -0.05) is 72.8 Å².